The number of thiazole rings is 1. The summed E-state index contributed by atoms with van der Waals surface area (Å²) in [5, 5.41) is 6.55. The third kappa shape index (κ3) is 2.06. The van der Waals surface area contributed by atoms with Gasteiger partial charge in [-0.1, -0.05) is 12.1 Å². The normalized spacial score (nSPS) is 17.4. The van der Waals surface area contributed by atoms with Crippen molar-refractivity contribution in [3.63, 3.8) is 0 Å². The lowest BCUT2D eigenvalue weighted by Crippen LogP contribution is -2.58. The molecular formula is C14H15FN2S. The molecule has 94 valence electrons. The molecule has 0 radical (unpaired) electrons. The first-order valence-electron chi connectivity index (χ1n) is 6.06. The number of hydrogen-bond donors (Lipinski definition) is 1. The Morgan fingerprint density at radius 3 is 2.56 bits per heavy atom. The molecule has 0 aliphatic carbocycles. The number of aryl methyl sites for hydroxylation is 1. The van der Waals surface area contributed by atoms with E-state index in [9.17, 15) is 4.39 Å². The van der Waals surface area contributed by atoms with Gasteiger partial charge in [0.2, 0.25) is 0 Å². The summed E-state index contributed by atoms with van der Waals surface area (Å²) >= 11 is 1.69. The van der Waals surface area contributed by atoms with E-state index in [1.807, 2.05) is 19.1 Å². The highest BCUT2D eigenvalue weighted by molar-refractivity contribution is 7.09. The van der Waals surface area contributed by atoms with Gasteiger partial charge >= 0.3 is 0 Å². The summed E-state index contributed by atoms with van der Waals surface area (Å²) in [6.45, 7) is 3.90. The van der Waals surface area contributed by atoms with Gasteiger partial charge in [0.15, 0.2) is 0 Å². The number of halogens is 1. The second kappa shape index (κ2) is 4.44. The first-order chi connectivity index (χ1) is 8.68. The molecule has 1 fully saturated rings. The summed E-state index contributed by atoms with van der Waals surface area (Å²) in [4.78, 5) is 4.54. The van der Waals surface area contributed by atoms with E-state index in [0.717, 1.165) is 30.2 Å². The second-order valence-electron chi connectivity index (χ2n) is 4.93. The van der Waals surface area contributed by atoms with Crippen molar-refractivity contribution in [1.82, 2.24) is 10.3 Å². The first-order valence-corrected chi connectivity index (χ1v) is 6.94. The van der Waals surface area contributed by atoms with Crippen molar-refractivity contribution < 1.29 is 4.39 Å². The second-order valence-corrected chi connectivity index (χ2v) is 5.99. The summed E-state index contributed by atoms with van der Waals surface area (Å²) in [5.41, 5.74) is 2.44. The van der Waals surface area contributed by atoms with Crippen LogP contribution in [-0.4, -0.2) is 18.1 Å². The molecule has 1 N–H and O–H groups in total. The van der Waals surface area contributed by atoms with E-state index >= 15 is 0 Å². The SMILES string of the molecule is Cc1nc(CC2(c3ccc(F)cc3)CNC2)cs1. The number of benzene rings is 1. The molecule has 0 amide bonds. The van der Waals surface area contributed by atoms with Crippen LogP contribution in [0.1, 0.15) is 16.3 Å². The largest absolute Gasteiger partial charge is 0.315 e. The van der Waals surface area contributed by atoms with Crippen LogP contribution in [0.15, 0.2) is 29.6 Å². The van der Waals surface area contributed by atoms with E-state index in [0.29, 0.717) is 0 Å². The standard InChI is InChI=1S/C14H15FN2S/c1-10-17-13(7-18-10)6-14(8-16-9-14)11-2-4-12(15)5-3-11/h2-5,7,16H,6,8-9H2,1H3. The molecule has 2 heterocycles. The molecule has 18 heavy (non-hydrogen) atoms. The third-order valence-corrected chi connectivity index (χ3v) is 4.39. The van der Waals surface area contributed by atoms with E-state index < -0.39 is 0 Å². The van der Waals surface area contributed by atoms with Gasteiger partial charge in [-0.3, -0.25) is 0 Å². The molecule has 2 nitrogen and oxygen atoms in total. The summed E-state index contributed by atoms with van der Waals surface area (Å²) in [7, 11) is 0. The maximum Gasteiger partial charge on any atom is 0.123 e. The predicted molar refractivity (Wildman–Crippen MR) is 71.5 cm³/mol. The number of nitrogens with one attached hydrogen (secondary N) is 1. The quantitative estimate of drug-likeness (QED) is 0.920. The van der Waals surface area contributed by atoms with Gasteiger partial charge in [-0.25, -0.2) is 9.37 Å². The van der Waals surface area contributed by atoms with E-state index in [1.165, 1.54) is 5.56 Å². The molecule has 0 bridgehead atoms. The van der Waals surface area contributed by atoms with Gasteiger partial charge in [0.05, 0.1) is 10.7 Å². The minimum Gasteiger partial charge on any atom is -0.315 e. The van der Waals surface area contributed by atoms with Gasteiger partial charge in [-0.2, -0.15) is 0 Å². The highest BCUT2D eigenvalue weighted by atomic mass is 32.1. The molecule has 1 aromatic carbocycles. The lowest BCUT2D eigenvalue weighted by molar-refractivity contribution is 0.272. The fourth-order valence-electron chi connectivity index (χ4n) is 2.50. The van der Waals surface area contributed by atoms with Crippen molar-refractivity contribution in [3.05, 3.63) is 51.7 Å². The van der Waals surface area contributed by atoms with E-state index in [2.05, 4.69) is 15.7 Å². The first kappa shape index (κ1) is 11.8. The van der Waals surface area contributed by atoms with Gasteiger partial charge in [-0.05, 0) is 24.6 Å². The Balaban J connectivity index is 1.88. The average molecular weight is 262 g/mol. The smallest absolute Gasteiger partial charge is 0.123 e. The molecule has 0 spiro atoms. The maximum atomic E-state index is 13.0. The maximum absolute atomic E-state index is 13.0. The molecule has 2 aromatic rings. The lowest BCUT2D eigenvalue weighted by atomic mass is 9.72. The number of aromatic nitrogens is 1. The Labute approximate surface area is 110 Å². The third-order valence-electron chi connectivity index (χ3n) is 3.57. The van der Waals surface area contributed by atoms with Crippen LogP contribution in [0.3, 0.4) is 0 Å². The Hall–Kier alpha value is -1.26. The summed E-state index contributed by atoms with van der Waals surface area (Å²) < 4.78 is 13.0. The predicted octanol–water partition coefficient (Wildman–Crippen LogP) is 2.67. The molecule has 4 heteroatoms. The molecule has 0 unspecified atom stereocenters. The van der Waals surface area contributed by atoms with Crippen LogP contribution >= 0.6 is 11.3 Å². The van der Waals surface area contributed by atoms with Crippen LogP contribution in [0.2, 0.25) is 0 Å². The zero-order valence-corrected chi connectivity index (χ0v) is 11.1. The number of hydrogen-bond acceptors (Lipinski definition) is 3. The van der Waals surface area contributed by atoms with Crippen LogP contribution in [0.5, 0.6) is 0 Å². The number of nitrogens with zero attached hydrogens (tertiary/aromatic N) is 1. The van der Waals surface area contributed by atoms with E-state index in [-0.39, 0.29) is 11.2 Å². The molecule has 1 aliphatic rings. The van der Waals surface area contributed by atoms with Gasteiger partial charge in [0, 0.05) is 30.3 Å². The molecule has 0 atom stereocenters. The van der Waals surface area contributed by atoms with Crippen molar-refractivity contribution in [1.29, 1.82) is 0 Å². The van der Waals surface area contributed by atoms with Crippen molar-refractivity contribution in [2.75, 3.05) is 13.1 Å². The van der Waals surface area contributed by atoms with Gasteiger partial charge < -0.3 is 5.32 Å². The van der Waals surface area contributed by atoms with Crippen molar-refractivity contribution in [2.24, 2.45) is 0 Å². The van der Waals surface area contributed by atoms with Gasteiger partial charge in [0.1, 0.15) is 5.82 Å². The van der Waals surface area contributed by atoms with Crippen molar-refractivity contribution in [2.45, 2.75) is 18.8 Å². The Morgan fingerprint density at radius 2 is 2.06 bits per heavy atom. The zero-order valence-electron chi connectivity index (χ0n) is 10.2. The minimum atomic E-state index is -0.175. The minimum absolute atomic E-state index is 0.0915. The van der Waals surface area contributed by atoms with Crippen LogP contribution < -0.4 is 5.32 Å². The van der Waals surface area contributed by atoms with Gasteiger partial charge in [-0.15, -0.1) is 11.3 Å². The van der Waals surface area contributed by atoms with Crippen LogP contribution in [-0.2, 0) is 11.8 Å². The fourth-order valence-corrected chi connectivity index (χ4v) is 3.11. The van der Waals surface area contributed by atoms with Crippen molar-refractivity contribution >= 4 is 11.3 Å². The Kier molecular flexibility index (Phi) is 2.92. The molecule has 3 rings (SSSR count). The Morgan fingerprint density at radius 1 is 1.33 bits per heavy atom. The van der Waals surface area contributed by atoms with Crippen molar-refractivity contribution in [3.8, 4) is 0 Å². The van der Waals surface area contributed by atoms with Gasteiger partial charge in [0.25, 0.3) is 0 Å². The molecule has 1 saturated heterocycles. The molecular weight excluding hydrogens is 247 g/mol. The fraction of sp³-hybridized carbons (Fsp3) is 0.357. The van der Waals surface area contributed by atoms with E-state index in [4.69, 9.17) is 0 Å². The summed E-state index contributed by atoms with van der Waals surface area (Å²) in [5.74, 6) is -0.175. The zero-order chi connectivity index (χ0) is 12.6. The molecule has 1 aliphatic heterocycles. The monoisotopic (exact) mass is 262 g/mol. The topological polar surface area (TPSA) is 24.9 Å². The summed E-state index contributed by atoms with van der Waals surface area (Å²) in [6.07, 6.45) is 0.927. The van der Waals surface area contributed by atoms with E-state index in [1.54, 1.807) is 23.5 Å². The molecule has 0 saturated carbocycles. The average Bonchev–Trinajstić information content (AvgIpc) is 2.71. The summed E-state index contributed by atoms with van der Waals surface area (Å²) in [6, 6.07) is 6.88. The lowest BCUT2D eigenvalue weighted by Gasteiger charge is -2.43. The highest BCUT2D eigenvalue weighted by Crippen LogP contribution is 2.32. The van der Waals surface area contributed by atoms with Crippen LogP contribution in [0, 0.1) is 12.7 Å². The highest BCUT2D eigenvalue weighted by Gasteiger charge is 2.39. The van der Waals surface area contributed by atoms with Crippen LogP contribution in [0.25, 0.3) is 0 Å². The Bertz CT molecular complexity index is 543. The molecule has 1 aromatic heterocycles. The number of rotatable bonds is 3. The van der Waals surface area contributed by atoms with Crippen LogP contribution in [0.4, 0.5) is 4.39 Å².